The lowest BCUT2D eigenvalue weighted by molar-refractivity contribution is 0.157. The van der Waals surface area contributed by atoms with E-state index in [1.165, 1.54) is 0 Å². The average Bonchev–Trinajstić information content (AvgIpc) is 2.75. The van der Waals surface area contributed by atoms with Gasteiger partial charge in [-0.05, 0) is 13.3 Å². The van der Waals surface area contributed by atoms with Crippen LogP contribution in [0.2, 0.25) is 0 Å². The fourth-order valence-corrected chi connectivity index (χ4v) is 2.09. The van der Waals surface area contributed by atoms with Gasteiger partial charge in [0.25, 0.3) is 0 Å². The Morgan fingerprint density at radius 1 is 1.53 bits per heavy atom. The molecule has 17 heavy (non-hydrogen) atoms. The molecule has 2 atom stereocenters. The molecule has 6 nitrogen and oxygen atoms in total. The Bertz CT molecular complexity index is 248. The molecule has 1 saturated heterocycles. The molecule has 1 aliphatic heterocycles. The van der Waals surface area contributed by atoms with Crippen LogP contribution in [-0.4, -0.2) is 57.4 Å². The van der Waals surface area contributed by atoms with Crippen molar-refractivity contribution in [2.45, 2.75) is 19.4 Å². The Balaban J connectivity index is 2.51. The number of likely N-dealkylation sites (tertiary alicyclic amines) is 1. The van der Waals surface area contributed by atoms with Gasteiger partial charge in [0.1, 0.15) is 0 Å². The second kappa shape index (κ2) is 7.47. The lowest BCUT2D eigenvalue weighted by Crippen LogP contribution is -2.44. The average molecular weight is 244 g/mol. The first-order chi connectivity index (χ1) is 8.21. The Morgan fingerprint density at radius 3 is 2.88 bits per heavy atom. The molecular formula is C11H24N4O2. The second-order valence-corrected chi connectivity index (χ2v) is 4.46. The van der Waals surface area contributed by atoms with Crippen molar-refractivity contribution >= 4 is 5.96 Å². The van der Waals surface area contributed by atoms with Gasteiger partial charge < -0.3 is 14.4 Å². The molecule has 0 radical (unpaired) electrons. The fourth-order valence-electron chi connectivity index (χ4n) is 2.09. The molecule has 1 heterocycles. The number of nitrogens with one attached hydrogen (secondary N) is 1. The predicted molar refractivity (Wildman–Crippen MR) is 67.7 cm³/mol. The van der Waals surface area contributed by atoms with Gasteiger partial charge in [0, 0.05) is 33.2 Å². The molecule has 6 heteroatoms. The maximum Gasteiger partial charge on any atom is 0.208 e. The monoisotopic (exact) mass is 244 g/mol. The Labute approximate surface area is 103 Å². The molecule has 0 aromatic heterocycles. The van der Waals surface area contributed by atoms with Crippen LogP contribution < -0.4 is 11.3 Å². The third-order valence-electron chi connectivity index (χ3n) is 2.87. The summed E-state index contributed by atoms with van der Waals surface area (Å²) < 4.78 is 10.2. The maximum absolute atomic E-state index is 5.52. The van der Waals surface area contributed by atoms with E-state index < -0.39 is 0 Å². The van der Waals surface area contributed by atoms with Crippen LogP contribution in [-0.2, 0) is 9.47 Å². The zero-order valence-electron chi connectivity index (χ0n) is 11.0. The van der Waals surface area contributed by atoms with Crippen molar-refractivity contribution in [3.05, 3.63) is 0 Å². The third kappa shape index (κ3) is 4.49. The van der Waals surface area contributed by atoms with Crippen molar-refractivity contribution in [1.29, 1.82) is 0 Å². The Morgan fingerprint density at radius 2 is 2.29 bits per heavy atom. The predicted octanol–water partition coefficient (Wildman–Crippen LogP) is -0.191. The first-order valence-electron chi connectivity index (χ1n) is 5.98. The highest BCUT2D eigenvalue weighted by atomic mass is 16.5. The minimum atomic E-state index is 0.104. The van der Waals surface area contributed by atoms with E-state index >= 15 is 0 Å². The molecule has 1 rings (SSSR count). The van der Waals surface area contributed by atoms with Gasteiger partial charge in [0.05, 0.1) is 19.3 Å². The number of methoxy groups -OCH3 is 2. The molecule has 2 unspecified atom stereocenters. The van der Waals surface area contributed by atoms with Crippen molar-refractivity contribution in [1.82, 2.24) is 10.3 Å². The minimum Gasteiger partial charge on any atom is -0.384 e. The highest BCUT2D eigenvalue weighted by molar-refractivity contribution is 5.79. The van der Waals surface area contributed by atoms with Gasteiger partial charge >= 0.3 is 0 Å². The summed E-state index contributed by atoms with van der Waals surface area (Å²) >= 11 is 0. The van der Waals surface area contributed by atoms with E-state index in [9.17, 15) is 0 Å². The SMILES string of the molecule is COCC1CCN(C(=NC(C)COC)NN)C1. The molecule has 0 aromatic carbocycles. The number of nitrogens with zero attached hydrogens (tertiary/aromatic N) is 2. The molecule has 0 bridgehead atoms. The van der Waals surface area contributed by atoms with Gasteiger partial charge in [0.2, 0.25) is 5.96 Å². The summed E-state index contributed by atoms with van der Waals surface area (Å²) in [5, 5.41) is 0. The highest BCUT2D eigenvalue weighted by Gasteiger charge is 2.24. The second-order valence-electron chi connectivity index (χ2n) is 4.46. The largest absolute Gasteiger partial charge is 0.384 e. The standard InChI is InChI=1S/C11H24N4O2/c1-9(7-16-2)13-11(14-12)15-5-4-10(6-15)8-17-3/h9-10H,4-8,12H2,1-3H3,(H,13,14). The summed E-state index contributed by atoms with van der Waals surface area (Å²) in [5.74, 6) is 6.83. The van der Waals surface area contributed by atoms with E-state index in [1.54, 1.807) is 14.2 Å². The lowest BCUT2D eigenvalue weighted by atomic mass is 10.1. The summed E-state index contributed by atoms with van der Waals surface area (Å²) in [6.45, 7) is 5.30. The number of nitrogens with two attached hydrogens (primary N) is 1. The van der Waals surface area contributed by atoms with Crippen molar-refractivity contribution in [2.24, 2.45) is 16.8 Å². The molecule has 0 aliphatic carbocycles. The number of hydrogen-bond acceptors (Lipinski definition) is 4. The maximum atomic E-state index is 5.52. The van der Waals surface area contributed by atoms with Crippen LogP contribution in [0.3, 0.4) is 0 Å². The number of guanidine groups is 1. The van der Waals surface area contributed by atoms with Crippen LogP contribution in [0.5, 0.6) is 0 Å². The summed E-state index contributed by atoms with van der Waals surface area (Å²) in [5.41, 5.74) is 2.68. The van der Waals surface area contributed by atoms with E-state index in [2.05, 4.69) is 15.3 Å². The number of hydrogen-bond donors (Lipinski definition) is 2. The number of aliphatic imine (C=N–C) groups is 1. The minimum absolute atomic E-state index is 0.104. The van der Waals surface area contributed by atoms with E-state index in [0.717, 1.165) is 32.1 Å². The fraction of sp³-hybridized carbons (Fsp3) is 0.909. The molecule has 0 saturated carbocycles. The third-order valence-corrected chi connectivity index (χ3v) is 2.87. The smallest absolute Gasteiger partial charge is 0.208 e. The van der Waals surface area contributed by atoms with Crippen molar-refractivity contribution in [2.75, 3.05) is 40.5 Å². The number of ether oxygens (including phenoxy) is 2. The molecule has 0 spiro atoms. The van der Waals surface area contributed by atoms with E-state index in [-0.39, 0.29) is 6.04 Å². The van der Waals surface area contributed by atoms with Crippen LogP contribution >= 0.6 is 0 Å². The van der Waals surface area contributed by atoms with Crippen LogP contribution in [0.4, 0.5) is 0 Å². The zero-order valence-corrected chi connectivity index (χ0v) is 11.0. The van der Waals surface area contributed by atoms with Crippen molar-refractivity contribution in [3.63, 3.8) is 0 Å². The van der Waals surface area contributed by atoms with Crippen molar-refractivity contribution < 1.29 is 9.47 Å². The van der Waals surface area contributed by atoms with Gasteiger partial charge in [-0.15, -0.1) is 0 Å². The highest BCUT2D eigenvalue weighted by Crippen LogP contribution is 2.16. The van der Waals surface area contributed by atoms with E-state index in [4.69, 9.17) is 15.3 Å². The zero-order chi connectivity index (χ0) is 12.7. The van der Waals surface area contributed by atoms with Gasteiger partial charge in [-0.2, -0.15) is 0 Å². The first kappa shape index (κ1) is 14.2. The molecular weight excluding hydrogens is 220 g/mol. The quantitative estimate of drug-likeness (QED) is 0.303. The first-order valence-corrected chi connectivity index (χ1v) is 5.98. The summed E-state index contributed by atoms with van der Waals surface area (Å²) in [6, 6.07) is 0.104. The lowest BCUT2D eigenvalue weighted by Gasteiger charge is -2.21. The summed E-state index contributed by atoms with van der Waals surface area (Å²) in [7, 11) is 3.41. The topological polar surface area (TPSA) is 72.1 Å². The van der Waals surface area contributed by atoms with E-state index in [0.29, 0.717) is 12.5 Å². The summed E-state index contributed by atoms with van der Waals surface area (Å²) in [4.78, 5) is 6.66. The molecule has 0 amide bonds. The molecule has 1 aliphatic rings. The van der Waals surface area contributed by atoms with Crippen LogP contribution in [0.1, 0.15) is 13.3 Å². The number of rotatable bonds is 5. The van der Waals surface area contributed by atoms with Gasteiger partial charge in [-0.1, -0.05) is 0 Å². The van der Waals surface area contributed by atoms with Crippen LogP contribution in [0, 0.1) is 5.92 Å². The number of hydrazine groups is 1. The molecule has 100 valence electrons. The summed E-state index contributed by atoms with van der Waals surface area (Å²) in [6.07, 6.45) is 1.12. The van der Waals surface area contributed by atoms with Crippen LogP contribution in [0.15, 0.2) is 4.99 Å². The van der Waals surface area contributed by atoms with Crippen LogP contribution in [0.25, 0.3) is 0 Å². The van der Waals surface area contributed by atoms with Gasteiger partial charge in [0.15, 0.2) is 0 Å². The van der Waals surface area contributed by atoms with E-state index in [1.807, 2.05) is 6.92 Å². The Kier molecular flexibility index (Phi) is 6.25. The Hall–Kier alpha value is -0.850. The molecule has 0 aromatic rings. The van der Waals surface area contributed by atoms with Gasteiger partial charge in [-0.3, -0.25) is 5.43 Å². The van der Waals surface area contributed by atoms with Gasteiger partial charge in [-0.25, -0.2) is 10.8 Å². The molecule has 1 fully saturated rings. The van der Waals surface area contributed by atoms with Crippen molar-refractivity contribution in [3.8, 4) is 0 Å². The normalized spacial score (nSPS) is 22.9. The molecule has 3 N–H and O–H groups in total.